The molecule has 1 aromatic heterocycles. The largest absolute Gasteiger partial charge is 0.493 e. The van der Waals surface area contributed by atoms with E-state index in [2.05, 4.69) is 16.3 Å². The van der Waals surface area contributed by atoms with Gasteiger partial charge in [0, 0.05) is 43.7 Å². The standard InChI is InChI=1S/C23H31N3O7S2/c1-30-20-15-17(35(28,29)26-7-11-33-12-8-26)14-18(22(20)31-2)23(27)24-16-19(21-4-3-13-34-21)25-5-9-32-10-6-25/h3-4,13-15,19H,5-12,16H2,1-2H3,(H,24,27)/t19-/m1/s1. The zero-order chi connectivity index (χ0) is 24.8. The summed E-state index contributed by atoms with van der Waals surface area (Å²) in [5, 5.41) is 5.00. The van der Waals surface area contributed by atoms with E-state index in [9.17, 15) is 13.2 Å². The van der Waals surface area contributed by atoms with E-state index in [0.29, 0.717) is 33.0 Å². The van der Waals surface area contributed by atoms with E-state index in [1.807, 2.05) is 11.4 Å². The van der Waals surface area contributed by atoms with Crippen molar-refractivity contribution in [2.75, 3.05) is 73.4 Å². The van der Waals surface area contributed by atoms with Crippen molar-refractivity contribution in [3.05, 3.63) is 40.1 Å². The number of nitrogens with zero attached hydrogens (tertiary/aromatic N) is 2. The number of hydrogen-bond acceptors (Lipinski definition) is 9. The monoisotopic (exact) mass is 525 g/mol. The van der Waals surface area contributed by atoms with E-state index in [1.165, 1.54) is 30.7 Å². The van der Waals surface area contributed by atoms with E-state index in [1.54, 1.807) is 11.3 Å². The molecule has 4 rings (SSSR count). The van der Waals surface area contributed by atoms with Gasteiger partial charge in [-0.3, -0.25) is 9.69 Å². The molecule has 35 heavy (non-hydrogen) atoms. The molecular weight excluding hydrogens is 494 g/mol. The highest BCUT2D eigenvalue weighted by Crippen LogP contribution is 2.35. The lowest BCUT2D eigenvalue weighted by molar-refractivity contribution is 0.0169. The summed E-state index contributed by atoms with van der Waals surface area (Å²) in [5.41, 5.74) is 0.102. The van der Waals surface area contributed by atoms with Crippen molar-refractivity contribution in [2.24, 2.45) is 0 Å². The van der Waals surface area contributed by atoms with Gasteiger partial charge in [-0.2, -0.15) is 4.31 Å². The Morgan fingerprint density at radius 1 is 1.09 bits per heavy atom. The lowest BCUT2D eigenvalue weighted by Gasteiger charge is -2.34. The minimum atomic E-state index is -3.84. The molecule has 12 heteroatoms. The van der Waals surface area contributed by atoms with Crippen molar-refractivity contribution < 1.29 is 32.2 Å². The van der Waals surface area contributed by atoms with Gasteiger partial charge in [0.25, 0.3) is 5.91 Å². The summed E-state index contributed by atoms with van der Waals surface area (Å²) in [5.74, 6) is -0.0751. The fraction of sp³-hybridized carbons (Fsp3) is 0.522. The van der Waals surface area contributed by atoms with Crippen LogP contribution in [-0.2, 0) is 19.5 Å². The van der Waals surface area contributed by atoms with Gasteiger partial charge >= 0.3 is 0 Å². The van der Waals surface area contributed by atoms with Crippen LogP contribution in [0.1, 0.15) is 21.3 Å². The molecule has 0 aliphatic carbocycles. The van der Waals surface area contributed by atoms with E-state index < -0.39 is 15.9 Å². The van der Waals surface area contributed by atoms with Crippen molar-refractivity contribution in [2.45, 2.75) is 10.9 Å². The molecule has 2 aliphatic rings. The van der Waals surface area contributed by atoms with Gasteiger partial charge < -0.3 is 24.3 Å². The predicted octanol–water partition coefficient (Wildman–Crippen LogP) is 1.59. The Balaban J connectivity index is 1.60. The van der Waals surface area contributed by atoms with E-state index in [0.717, 1.165) is 18.0 Å². The summed E-state index contributed by atoms with van der Waals surface area (Å²) in [6.45, 7) is 4.32. The second-order valence-corrected chi connectivity index (χ2v) is 11.0. The molecule has 2 saturated heterocycles. The van der Waals surface area contributed by atoms with Gasteiger partial charge in [-0.1, -0.05) is 6.07 Å². The Morgan fingerprint density at radius 2 is 1.77 bits per heavy atom. The zero-order valence-corrected chi connectivity index (χ0v) is 21.5. The second-order valence-electron chi connectivity index (χ2n) is 8.11. The van der Waals surface area contributed by atoms with Crippen LogP contribution in [0.4, 0.5) is 0 Å². The van der Waals surface area contributed by atoms with Gasteiger partial charge in [-0.15, -0.1) is 11.3 Å². The van der Waals surface area contributed by atoms with E-state index >= 15 is 0 Å². The minimum Gasteiger partial charge on any atom is -0.493 e. The zero-order valence-electron chi connectivity index (χ0n) is 19.9. The Morgan fingerprint density at radius 3 is 2.37 bits per heavy atom. The predicted molar refractivity (Wildman–Crippen MR) is 131 cm³/mol. The van der Waals surface area contributed by atoms with Gasteiger partial charge in [-0.25, -0.2) is 8.42 Å². The highest BCUT2D eigenvalue weighted by molar-refractivity contribution is 7.89. The molecule has 2 aliphatic heterocycles. The van der Waals surface area contributed by atoms with Gasteiger partial charge in [0.1, 0.15) is 0 Å². The molecule has 0 spiro atoms. The topological polar surface area (TPSA) is 107 Å². The number of rotatable bonds is 9. The number of carbonyl (C=O) groups is 1. The first-order chi connectivity index (χ1) is 17.0. The quantitative estimate of drug-likeness (QED) is 0.526. The fourth-order valence-corrected chi connectivity index (χ4v) is 6.57. The summed E-state index contributed by atoms with van der Waals surface area (Å²) >= 11 is 1.63. The Hall–Kier alpha value is -2.22. The number of hydrogen-bond donors (Lipinski definition) is 1. The summed E-state index contributed by atoms with van der Waals surface area (Å²) in [6.07, 6.45) is 0. The van der Waals surface area contributed by atoms with Crippen LogP contribution in [0.25, 0.3) is 0 Å². The van der Waals surface area contributed by atoms with Crippen LogP contribution in [0.3, 0.4) is 0 Å². The van der Waals surface area contributed by atoms with Crippen LogP contribution >= 0.6 is 11.3 Å². The van der Waals surface area contributed by atoms with Crippen LogP contribution < -0.4 is 14.8 Å². The molecular formula is C23H31N3O7S2. The van der Waals surface area contributed by atoms with Gasteiger partial charge in [0.15, 0.2) is 11.5 Å². The third-order valence-corrected chi connectivity index (χ3v) is 8.97. The van der Waals surface area contributed by atoms with Crippen molar-refractivity contribution in [3.8, 4) is 11.5 Å². The van der Waals surface area contributed by atoms with Crippen molar-refractivity contribution in [3.63, 3.8) is 0 Å². The van der Waals surface area contributed by atoms with E-state index in [4.69, 9.17) is 18.9 Å². The number of amides is 1. The maximum absolute atomic E-state index is 13.4. The van der Waals surface area contributed by atoms with Gasteiger partial charge in [0.2, 0.25) is 10.0 Å². The summed E-state index contributed by atoms with van der Waals surface area (Å²) in [7, 11) is -1.01. The maximum atomic E-state index is 13.4. The normalized spacial score (nSPS) is 18.7. The van der Waals surface area contributed by atoms with Crippen LogP contribution in [0.15, 0.2) is 34.5 Å². The first-order valence-electron chi connectivity index (χ1n) is 11.4. The molecule has 1 N–H and O–H groups in total. The molecule has 1 atom stereocenters. The van der Waals surface area contributed by atoms with Gasteiger partial charge in [0.05, 0.1) is 57.1 Å². The van der Waals surface area contributed by atoms with Gasteiger partial charge in [-0.05, 0) is 17.5 Å². The van der Waals surface area contributed by atoms with Crippen LogP contribution in [0.5, 0.6) is 11.5 Å². The Kier molecular flexibility index (Phi) is 8.63. The molecule has 1 amide bonds. The Labute approximate surface area is 209 Å². The average molecular weight is 526 g/mol. The summed E-state index contributed by atoms with van der Waals surface area (Å²) < 4.78 is 49.5. The first kappa shape index (κ1) is 25.9. The van der Waals surface area contributed by atoms with Crippen molar-refractivity contribution in [1.29, 1.82) is 0 Å². The maximum Gasteiger partial charge on any atom is 0.255 e. The molecule has 192 valence electrons. The number of ether oxygens (including phenoxy) is 4. The number of thiophene rings is 1. The van der Waals surface area contributed by atoms with E-state index in [-0.39, 0.29) is 41.1 Å². The fourth-order valence-electron chi connectivity index (χ4n) is 4.26. The summed E-state index contributed by atoms with van der Waals surface area (Å²) in [6, 6.07) is 6.77. The number of morpholine rings is 2. The molecule has 0 radical (unpaired) electrons. The third kappa shape index (κ3) is 5.79. The molecule has 10 nitrogen and oxygen atoms in total. The average Bonchev–Trinajstić information content (AvgIpc) is 3.43. The first-order valence-corrected chi connectivity index (χ1v) is 13.7. The highest BCUT2D eigenvalue weighted by Gasteiger charge is 2.31. The van der Waals surface area contributed by atoms with Crippen LogP contribution in [-0.4, -0.2) is 96.9 Å². The number of nitrogens with one attached hydrogen (secondary N) is 1. The molecule has 0 saturated carbocycles. The molecule has 1 aromatic carbocycles. The third-order valence-electron chi connectivity index (χ3n) is 6.12. The van der Waals surface area contributed by atoms with Crippen molar-refractivity contribution in [1.82, 2.24) is 14.5 Å². The second kappa shape index (κ2) is 11.7. The Bertz CT molecular complexity index is 1100. The molecule has 2 fully saturated rings. The lowest BCUT2D eigenvalue weighted by atomic mass is 10.1. The highest BCUT2D eigenvalue weighted by atomic mass is 32.2. The molecule has 2 aromatic rings. The molecule has 0 unspecified atom stereocenters. The molecule has 0 bridgehead atoms. The number of methoxy groups -OCH3 is 2. The summed E-state index contributed by atoms with van der Waals surface area (Å²) in [4.78, 5) is 16.8. The van der Waals surface area contributed by atoms with Crippen LogP contribution in [0.2, 0.25) is 0 Å². The van der Waals surface area contributed by atoms with Crippen LogP contribution in [0, 0.1) is 0 Å². The number of sulfonamides is 1. The number of benzene rings is 1. The van der Waals surface area contributed by atoms with Crippen molar-refractivity contribution >= 4 is 27.3 Å². The smallest absolute Gasteiger partial charge is 0.255 e. The molecule has 3 heterocycles. The lowest BCUT2D eigenvalue weighted by Crippen LogP contribution is -2.43. The minimum absolute atomic E-state index is 0.0176. The SMILES string of the molecule is COc1cc(S(=O)(=O)N2CCOCC2)cc(C(=O)NC[C@H](c2cccs2)N2CCOCC2)c1OC. The number of carbonyl (C=O) groups excluding carboxylic acids is 1.